The number of hydrogen-bond acceptors (Lipinski definition) is 3. The Labute approximate surface area is 135 Å². The van der Waals surface area contributed by atoms with E-state index in [1.165, 1.54) is 0 Å². The van der Waals surface area contributed by atoms with Crippen LogP contribution in [0.1, 0.15) is 25.3 Å². The third kappa shape index (κ3) is 3.33. The van der Waals surface area contributed by atoms with E-state index in [0.29, 0.717) is 19.5 Å². The smallest absolute Gasteiger partial charge is 0.242 e. The number of amides is 2. The van der Waals surface area contributed by atoms with Gasteiger partial charge in [0, 0.05) is 24.7 Å². The van der Waals surface area contributed by atoms with E-state index < -0.39 is 0 Å². The number of hydrogen-bond donors (Lipinski definition) is 1. The molecule has 0 radical (unpaired) electrons. The minimum atomic E-state index is -0.363. The van der Waals surface area contributed by atoms with Crippen molar-refractivity contribution in [3.8, 4) is 0 Å². The average molecular weight is 311 g/mol. The highest BCUT2D eigenvalue weighted by Gasteiger charge is 2.29. The van der Waals surface area contributed by atoms with Crippen LogP contribution in [-0.2, 0) is 16.0 Å². The summed E-state index contributed by atoms with van der Waals surface area (Å²) >= 11 is 0. The van der Waals surface area contributed by atoms with Gasteiger partial charge < -0.3 is 10.2 Å². The van der Waals surface area contributed by atoms with E-state index in [9.17, 15) is 9.59 Å². The van der Waals surface area contributed by atoms with E-state index in [0.717, 1.165) is 22.9 Å². The molecule has 0 aliphatic carbocycles. The fourth-order valence-electron chi connectivity index (χ4n) is 3.07. The van der Waals surface area contributed by atoms with Crippen molar-refractivity contribution in [2.75, 3.05) is 13.1 Å². The lowest BCUT2D eigenvalue weighted by molar-refractivity contribution is -0.139. The Kier molecular flexibility index (Phi) is 4.55. The fraction of sp³-hybridized carbons (Fsp3) is 0.389. The first-order chi connectivity index (χ1) is 11.2. The topological polar surface area (TPSA) is 62.3 Å². The Morgan fingerprint density at radius 3 is 3.04 bits per heavy atom. The van der Waals surface area contributed by atoms with Crippen LogP contribution in [0.2, 0.25) is 0 Å². The lowest BCUT2D eigenvalue weighted by atomic mass is 10.1. The zero-order chi connectivity index (χ0) is 16.2. The van der Waals surface area contributed by atoms with E-state index in [4.69, 9.17) is 0 Å². The van der Waals surface area contributed by atoms with Crippen LogP contribution in [0.25, 0.3) is 10.9 Å². The predicted octanol–water partition coefficient (Wildman–Crippen LogP) is 1.90. The highest BCUT2D eigenvalue weighted by Crippen LogP contribution is 2.16. The molecule has 1 saturated heterocycles. The molecule has 3 rings (SSSR count). The first-order valence-corrected chi connectivity index (χ1v) is 8.10. The van der Waals surface area contributed by atoms with Crippen molar-refractivity contribution in [2.45, 2.75) is 32.2 Å². The molecule has 1 atom stereocenters. The first-order valence-electron chi connectivity index (χ1n) is 8.10. The van der Waals surface area contributed by atoms with Gasteiger partial charge in [-0.2, -0.15) is 0 Å². The van der Waals surface area contributed by atoms with Gasteiger partial charge in [0.1, 0.15) is 6.04 Å². The summed E-state index contributed by atoms with van der Waals surface area (Å²) in [5, 5.41) is 3.90. The second-order valence-electron chi connectivity index (χ2n) is 5.87. The molecule has 1 aromatic heterocycles. The van der Waals surface area contributed by atoms with Gasteiger partial charge in [0.05, 0.1) is 11.9 Å². The lowest BCUT2D eigenvalue weighted by Gasteiger charge is -2.27. The molecule has 0 bridgehead atoms. The molecule has 0 unspecified atom stereocenters. The molecule has 2 amide bonds. The van der Waals surface area contributed by atoms with Crippen molar-refractivity contribution in [1.82, 2.24) is 15.2 Å². The molecule has 1 aromatic carbocycles. The Balaban J connectivity index is 1.79. The molecular weight excluding hydrogens is 290 g/mol. The molecule has 1 N–H and O–H groups in total. The van der Waals surface area contributed by atoms with Crippen LogP contribution >= 0.6 is 0 Å². The van der Waals surface area contributed by atoms with Crippen molar-refractivity contribution in [3.05, 3.63) is 42.1 Å². The molecule has 2 heterocycles. The maximum Gasteiger partial charge on any atom is 0.242 e. The Morgan fingerprint density at radius 1 is 1.39 bits per heavy atom. The number of pyridine rings is 1. The zero-order valence-electron chi connectivity index (χ0n) is 13.3. The van der Waals surface area contributed by atoms with Crippen LogP contribution in [0, 0.1) is 0 Å². The molecule has 1 aliphatic heterocycles. The quantitative estimate of drug-likeness (QED) is 0.942. The van der Waals surface area contributed by atoms with Crippen LogP contribution in [0.5, 0.6) is 0 Å². The van der Waals surface area contributed by atoms with Gasteiger partial charge in [-0.15, -0.1) is 0 Å². The maximum absolute atomic E-state index is 12.7. The molecule has 1 aliphatic rings. The Morgan fingerprint density at radius 2 is 2.22 bits per heavy atom. The highest BCUT2D eigenvalue weighted by molar-refractivity contribution is 5.89. The Bertz CT molecular complexity index is 729. The SMILES string of the molecule is CC[C@@H]1C(=O)NCCCN1C(=O)Cc1cnc2ccccc2c1. The summed E-state index contributed by atoms with van der Waals surface area (Å²) in [6, 6.07) is 9.49. The molecule has 5 heteroatoms. The maximum atomic E-state index is 12.7. The second kappa shape index (κ2) is 6.77. The number of benzene rings is 1. The van der Waals surface area contributed by atoms with Gasteiger partial charge in [-0.1, -0.05) is 25.1 Å². The van der Waals surface area contributed by atoms with E-state index in [2.05, 4.69) is 10.3 Å². The highest BCUT2D eigenvalue weighted by atomic mass is 16.2. The van der Waals surface area contributed by atoms with E-state index in [-0.39, 0.29) is 24.3 Å². The van der Waals surface area contributed by atoms with Gasteiger partial charge in [-0.25, -0.2) is 0 Å². The summed E-state index contributed by atoms with van der Waals surface area (Å²) in [7, 11) is 0. The third-order valence-corrected chi connectivity index (χ3v) is 4.26. The molecule has 1 fully saturated rings. The molecular formula is C18H21N3O2. The van der Waals surface area contributed by atoms with Gasteiger partial charge in [0.25, 0.3) is 0 Å². The lowest BCUT2D eigenvalue weighted by Crippen LogP contribution is -2.47. The number of fused-ring (bicyclic) bond motifs is 1. The van der Waals surface area contributed by atoms with E-state index in [1.54, 1.807) is 11.1 Å². The number of carbonyl (C=O) groups excluding carboxylic acids is 2. The van der Waals surface area contributed by atoms with Gasteiger partial charge in [0.15, 0.2) is 0 Å². The van der Waals surface area contributed by atoms with Crippen LogP contribution in [0.3, 0.4) is 0 Å². The van der Waals surface area contributed by atoms with Crippen molar-refractivity contribution in [1.29, 1.82) is 0 Å². The minimum absolute atomic E-state index is 0.00835. The zero-order valence-corrected chi connectivity index (χ0v) is 13.3. The summed E-state index contributed by atoms with van der Waals surface area (Å²) < 4.78 is 0. The van der Waals surface area contributed by atoms with Gasteiger partial charge in [0.2, 0.25) is 11.8 Å². The summed E-state index contributed by atoms with van der Waals surface area (Å²) in [4.78, 5) is 30.9. The average Bonchev–Trinajstić information content (AvgIpc) is 2.76. The fourth-order valence-corrected chi connectivity index (χ4v) is 3.07. The van der Waals surface area contributed by atoms with Crippen molar-refractivity contribution >= 4 is 22.7 Å². The number of nitrogens with one attached hydrogen (secondary N) is 1. The standard InChI is InChI=1S/C18H21N3O2/c1-2-16-18(23)19-8-5-9-21(16)17(22)11-13-10-14-6-3-4-7-15(14)20-12-13/h3-4,6-7,10,12,16H,2,5,8-9,11H2,1H3,(H,19,23)/t16-/m1/s1. The van der Waals surface area contributed by atoms with Crippen molar-refractivity contribution in [2.24, 2.45) is 0 Å². The minimum Gasteiger partial charge on any atom is -0.354 e. The predicted molar refractivity (Wildman–Crippen MR) is 88.9 cm³/mol. The summed E-state index contributed by atoms with van der Waals surface area (Å²) in [5.74, 6) is -0.0547. The van der Waals surface area contributed by atoms with E-state index >= 15 is 0 Å². The van der Waals surface area contributed by atoms with Crippen molar-refractivity contribution in [3.63, 3.8) is 0 Å². The Hall–Kier alpha value is -2.43. The number of nitrogens with zero attached hydrogens (tertiary/aromatic N) is 2. The summed E-state index contributed by atoms with van der Waals surface area (Å²) in [5.41, 5.74) is 1.80. The van der Waals surface area contributed by atoms with Crippen molar-refractivity contribution < 1.29 is 9.59 Å². The molecule has 0 spiro atoms. The van der Waals surface area contributed by atoms with Gasteiger partial charge >= 0.3 is 0 Å². The number of carbonyl (C=O) groups is 2. The largest absolute Gasteiger partial charge is 0.354 e. The third-order valence-electron chi connectivity index (χ3n) is 4.26. The molecule has 0 saturated carbocycles. The number of rotatable bonds is 3. The molecule has 5 nitrogen and oxygen atoms in total. The van der Waals surface area contributed by atoms with Crippen LogP contribution < -0.4 is 5.32 Å². The molecule has 2 aromatic rings. The van der Waals surface area contributed by atoms with Gasteiger partial charge in [-0.05, 0) is 30.5 Å². The number of para-hydroxylation sites is 1. The summed E-state index contributed by atoms with van der Waals surface area (Å²) in [6.07, 6.45) is 3.46. The van der Waals surface area contributed by atoms with Gasteiger partial charge in [-0.3, -0.25) is 14.6 Å². The van der Waals surface area contributed by atoms with Crippen LogP contribution in [0.15, 0.2) is 36.5 Å². The van der Waals surface area contributed by atoms with E-state index in [1.807, 2.05) is 37.3 Å². The number of aromatic nitrogens is 1. The monoisotopic (exact) mass is 311 g/mol. The summed E-state index contributed by atoms with van der Waals surface area (Å²) in [6.45, 7) is 3.20. The van der Waals surface area contributed by atoms with Crippen LogP contribution in [-0.4, -0.2) is 40.8 Å². The molecule has 23 heavy (non-hydrogen) atoms. The van der Waals surface area contributed by atoms with Crippen LogP contribution in [0.4, 0.5) is 0 Å². The first kappa shape index (κ1) is 15.5. The molecule has 120 valence electrons. The normalized spacial score (nSPS) is 18.6. The second-order valence-corrected chi connectivity index (χ2v) is 5.87.